The molecule has 3 nitrogen and oxygen atoms in total. The van der Waals surface area contributed by atoms with E-state index in [2.05, 4.69) is 30.2 Å². The van der Waals surface area contributed by atoms with Gasteiger partial charge in [0.05, 0.1) is 0 Å². The molecule has 1 aromatic rings. The summed E-state index contributed by atoms with van der Waals surface area (Å²) < 4.78 is 0. The van der Waals surface area contributed by atoms with E-state index in [-0.39, 0.29) is 0 Å². The zero-order valence-electron chi connectivity index (χ0n) is 11.1. The monoisotopic (exact) mass is 267 g/mol. The molecule has 0 amide bonds. The minimum absolute atomic E-state index is 0.334. The van der Waals surface area contributed by atoms with E-state index < -0.39 is 5.97 Å². The van der Waals surface area contributed by atoms with Crippen molar-refractivity contribution in [3.05, 3.63) is 21.9 Å². The van der Waals surface area contributed by atoms with E-state index in [0.717, 1.165) is 25.9 Å². The van der Waals surface area contributed by atoms with Gasteiger partial charge in [0.1, 0.15) is 0 Å². The summed E-state index contributed by atoms with van der Waals surface area (Å²) in [6.07, 6.45) is 2.36. The minimum Gasteiger partial charge on any atom is -0.481 e. The number of carboxylic acid groups (broad SMARTS) is 1. The van der Waals surface area contributed by atoms with Gasteiger partial charge in [-0.3, -0.25) is 9.69 Å². The highest BCUT2D eigenvalue weighted by Crippen LogP contribution is 2.32. The third-order valence-corrected chi connectivity index (χ3v) is 5.13. The van der Waals surface area contributed by atoms with Crippen LogP contribution in [0.3, 0.4) is 0 Å². The Morgan fingerprint density at radius 3 is 2.72 bits per heavy atom. The average Bonchev–Trinajstić information content (AvgIpc) is 2.75. The molecule has 1 saturated heterocycles. The molecular weight excluding hydrogens is 246 g/mol. The number of hydrogen-bond acceptors (Lipinski definition) is 3. The summed E-state index contributed by atoms with van der Waals surface area (Å²) in [7, 11) is 0. The first kappa shape index (κ1) is 13.6. The van der Waals surface area contributed by atoms with Crippen LogP contribution in [0.25, 0.3) is 0 Å². The highest BCUT2D eigenvalue weighted by Gasteiger charge is 2.25. The van der Waals surface area contributed by atoms with Crippen LogP contribution in [-0.4, -0.2) is 29.1 Å². The molecule has 1 aliphatic heterocycles. The lowest BCUT2D eigenvalue weighted by Gasteiger charge is -2.35. The third kappa shape index (κ3) is 3.12. The Morgan fingerprint density at radius 2 is 2.22 bits per heavy atom. The zero-order chi connectivity index (χ0) is 13.1. The average molecular weight is 267 g/mol. The van der Waals surface area contributed by atoms with Gasteiger partial charge in [-0.2, -0.15) is 0 Å². The second kappa shape index (κ2) is 5.85. The van der Waals surface area contributed by atoms with Crippen LogP contribution in [0.4, 0.5) is 0 Å². The summed E-state index contributed by atoms with van der Waals surface area (Å²) in [5.74, 6) is -0.286. The Morgan fingerprint density at radius 1 is 1.56 bits per heavy atom. The molecule has 1 atom stereocenters. The van der Waals surface area contributed by atoms with Gasteiger partial charge in [-0.15, -0.1) is 11.3 Å². The summed E-state index contributed by atoms with van der Waals surface area (Å²) in [6.45, 7) is 6.47. The highest BCUT2D eigenvalue weighted by atomic mass is 32.1. The van der Waals surface area contributed by atoms with E-state index in [1.165, 1.54) is 10.4 Å². The molecule has 2 rings (SSSR count). The topological polar surface area (TPSA) is 40.5 Å². The number of carbonyl (C=O) groups is 1. The van der Waals surface area contributed by atoms with E-state index in [9.17, 15) is 4.79 Å². The van der Waals surface area contributed by atoms with Crippen molar-refractivity contribution >= 4 is 17.3 Å². The SMILES string of the molecule is Cc1ccsc1C(C)N1CCC(CC(=O)O)CC1. The molecule has 1 unspecified atom stereocenters. The number of aryl methyl sites for hydroxylation is 1. The van der Waals surface area contributed by atoms with Crippen LogP contribution in [0.5, 0.6) is 0 Å². The van der Waals surface area contributed by atoms with Gasteiger partial charge in [-0.25, -0.2) is 0 Å². The predicted octanol–water partition coefficient (Wildman–Crippen LogP) is 3.30. The van der Waals surface area contributed by atoms with Crippen LogP contribution >= 0.6 is 11.3 Å². The van der Waals surface area contributed by atoms with Gasteiger partial charge < -0.3 is 5.11 Å². The van der Waals surface area contributed by atoms with Gasteiger partial charge in [0.15, 0.2) is 0 Å². The van der Waals surface area contributed by atoms with Crippen LogP contribution in [0.1, 0.15) is 42.7 Å². The van der Waals surface area contributed by atoms with Crippen molar-refractivity contribution in [2.45, 2.75) is 39.2 Å². The first-order chi connectivity index (χ1) is 8.58. The van der Waals surface area contributed by atoms with Crippen LogP contribution in [-0.2, 0) is 4.79 Å². The van der Waals surface area contributed by atoms with Gasteiger partial charge in [-0.05, 0) is 62.7 Å². The first-order valence-corrected chi connectivity index (χ1v) is 7.45. The Bertz CT molecular complexity index is 408. The van der Waals surface area contributed by atoms with E-state index in [4.69, 9.17) is 5.11 Å². The molecule has 1 aliphatic rings. The summed E-state index contributed by atoms with van der Waals surface area (Å²) in [5.41, 5.74) is 1.38. The molecule has 1 aromatic heterocycles. The molecular formula is C14H21NO2S. The maximum atomic E-state index is 10.7. The Balaban J connectivity index is 1.90. The van der Waals surface area contributed by atoms with Gasteiger partial charge in [-0.1, -0.05) is 0 Å². The fourth-order valence-electron chi connectivity index (χ4n) is 2.77. The molecule has 100 valence electrons. The summed E-state index contributed by atoms with van der Waals surface area (Å²) in [6, 6.07) is 2.64. The molecule has 1 N–H and O–H groups in total. The number of piperidine rings is 1. The molecule has 0 spiro atoms. The summed E-state index contributed by atoms with van der Waals surface area (Å²) in [4.78, 5) is 14.6. The van der Waals surface area contributed by atoms with Gasteiger partial charge in [0.25, 0.3) is 0 Å². The van der Waals surface area contributed by atoms with Crippen molar-refractivity contribution in [1.82, 2.24) is 4.90 Å². The lowest BCUT2D eigenvalue weighted by molar-refractivity contribution is -0.138. The van der Waals surface area contributed by atoms with Crippen molar-refractivity contribution in [2.75, 3.05) is 13.1 Å². The largest absolute Gasteiger partial charge is 0.481 e. The standard InChI is InChI=1S/C14H21NO2S/c1-10-5-8-18-14(10)11(2)15-6-3-12(4-7-15)9-13(16)17/h5,8,11-12H,3-4,6-7,9H2,1-2H3,(H,16,17). The second-order valence-corrected chi connectivity index (χ2v) is 6.17. The van der Waals surface area contributed by atoms with Crippen LogP contribution in [0.15, 0.2) is 11.4 Å². The number of likely N-dealkylation sites (tertiary alicyclic amines) is 1. The second-order valence-electron chi connectivity index (χ2n) is 5.22. The Labute approximate surface area is 112 Å². The fourth-order valence-corrected chi connectivity index (χ4v) is 3.79. The highest BCUT2D eigenvalue weighted by molar-refractivity contribution is 7.10. The fraction of sp³-hybridized carbons (Fsp3) is 0.643. The smallest absolute Gasteiger partial charge is 0.303 e. The lowest BCUT2D eigenvalue weighted by Crippen LogP contribution is -2.36. The minimum atomic E-state index is -0.657. The molecule has 0 aliphatic carbocycles. The lowest BCUT2D eigenvalue weighted by atomic mass is 9.92. The van der Waals surface area contributed by atoms with Crippen LogP contribution in [0.2, 0.25) is 0 Å². The van der Waals surface area contributed by atoms with E-state index in [1.807, 2.05) is 11.3 Å². The number of carboxylic acids is 1. The molecule has 0 saturated carbocycles. The Kier molecular flexibility index (Phi) is 4.40. The number of nitrogens with zero attached hydrogens (tertiary/aromatic N) is 1. The number of thiophene rings is 1. The third-order valence-electron chi connectivity index (χ3n) is 3.94. The molecule has 2 heterocycles. The summed E-state index contributed by atoms with van der Waals surface area (Å²) >= 11 is 1.83. The van der Waals surface area contributed by atoms with Crippen molar-refractivity contribution in [3.8, 4) is 0 Å². The molecule has 0 bridgehead atoms. The van der Waals surface area contributed by atoms with Crippen molar-refractivity contribution in [3.63, 3.8) is 0 Å². The van der Waals surface area contributed by atoms with E-state index >= 15 is 0 Å². The maximum absolute atomic E-state index is 10.7. The first-order valence-electron chi connectivity index (χ1n) is 6.57. The van der Waals surface area contributed by atoms with E-state index in [0.29, 0.717) is 18.4 Å². The van der Waals surface area contributed by atoms with Crippen molar-refractivity contribution < 1.29 is 9.90 Å². The number of rotatable bonds is 4. The molecule has 0 aromatic carbocycles. The maximum Gasteiger partial charge on any atom is 0.303 e. The summed E-state index contributed by atoms with van der Waals surface area (Å²) in [5, 5.41) is 11.0. The van der Waals surface area contributed by atoms with Crippen LogP contribution in [0, 0.1) is 12.8 Å². The molecule has 1 fully saturated rings. The number of hydrogen-bond donors (Lipinski definition) is 1. The predicted molar refractivity (Wildman–Crippen MR) is 74.0 cm³/mol. The van der Waals surface area contributed by atoms with Crippen LogP contribution < -0.4 is 0 Å². The van der Waals surface area contributed by atoms with Gasteiger partial charge in [0, 0.05) is 17.3 Å². The van der Waals surface area contributed by atoms with Gasteiger partial charge >= 0.3 is 5.97 Å². The Hall–Kier alpha value is -0.870. The van der Waals surface area contributed by atoms with Gasteiger partial charge in [0.2, 0.25) is 0 Å². The normalized spacial score (nSPS) is 19.9. The molecule has 4 heteroatoms. The van der Waals surface area contributed by atoms with E-state index in [1.54, 1.807) is 0 Å². The quantitative estimate of drug-likeness (QED) is 0.910. The molecule has 0 radical (unpaired) electrons. The molecule has 18 heavy (non-hydrogen) atoms. The zero-order valence-corrected chi connectivity index (χ0v) is 11.9. The van der Waals surface area contributed by atoms with Crippen molar-refractivity contribution in [2.24, 2.45) is 5.92 Å². The van der Waals surface area contributed by atoms with Crippen molar-refractivity contribution in [1.29, 1.82) is 0 Å². The number of aliphatic carboxylic acids is 1.